The van der Waals surface area contributed by atoms with Crippen molar-refractivity contribution in [3.05, 3.63) is 54.8 Å². The molecule has 0 aliphatic carbocycles. The molecule has 1 aromatic carbocycles. The number of rotatable bonds is 5. The van der Waals surface area contributed by atoms with Gasteiger partial charge >= 0.3 is 5.97 Å². The molecule has 0 saturated heterocycles. The van der Waals surface area contributed by atoms with Gasteiger partial charge in [0.1, 0.15) is 11.9 Å². The van der Waals surface area contributed by atoms with Crippen molar-refractivity contribution in [2.24, 2.45) is 0 Å². The van der Waals surface area contributed by atoms with Crippen LogP contribution >= 0.6 is 0 Å². The molecule has 0 amide bonds. The van der Waals surface area contributed by atoms with E-state index in [0.29, 0.717) is 11.5 Å². The average Bonchev–Trinajstić information content (AvgIpc) is 2.26. The Labute approximate surface area is 101 Å². The molecule has 0 heterocycles. The maximum absolute atomic E-state index is 10.8. The fraction of sp³-hybridized carbons (Fsp3) is 0.214. The van der Waals surface area contributed by atoms with Gasteiger partial charge in [-0.15, -0.1) is 0 Å². The van der Waals surface area contributed by atoms with Crippen LogP contribution in [0.5, 0.6) is 5.75 Å². The summed E-state index contributed by atoms with van der Waals surface area (Å²) in [4.78, 5) is 10.8. The summed E-state index contributed by atoms with van der Waals surface area (Å²) < 4.78 is 10.4. The largest absolute Gasteiger partial charge is 0.487 e. The molecule has 1 aromatic rings. The van der Waals surface area contributed by atoms with Crippen molar-refractivity contribution in [2.45, 2.75) is 20.0 Å². The van der Waals surface area contributed by atoms with Crippen molar-refractivity contribution in [1.82, 2.24) is 0 Å². The van der Waals surface area contributed by atoms with Crippen molar-refractivity contribution >= 4 is 5.97 Å². The van der Waals surface area contributed by atoms with Gasteiger partial charge in [-0.05, 0) is 30.7 Å². The highest BCUT2D eigenvalue weighted by molar-refractivity contribution is 5.69. The highest BCUT2D eigenvalue weighted by Crippen LogP contribution is 2.23. The molecule has 0 N–H and O–H groups in total. The normalized spacial score (nSPS) is 11.4. The molecule has 3 nitrogen and oxygen atoms in total. The van der Waals surface area contributed by atoms with Crippen LogP contribution in [0.2, 0.25) is 0 Å². The number of benzene rings is 1. The van der Waals surface area contributed by atoms with Crippen LogP contribution in [-0.2, 0) is 9.53 Å². The van der Waals surface area contributed by atoms with Crippen molar-refractivity contribution in [3.8, 4) is 5.75 Å². The van der Waals surface area contributed by atoms with Crippen molar-refractivity contribution in [3.63, 3.8) is 0 Å². The average molecular weight is 232 g/mol. The van der Waals surface area contributed by atoms with Gasteiger partial charge in [-0.1, -0.05) is 25.3 Å². The predicted octanol–water partition coefficient (Wildman–Crippen LogP) is 3.39. The second-order valence-electron chi connectivity index (χ2n) is 3.64. The summed E-state index contributed by atoms with van der Waals surface area (Å²) in [7, 11) is 0. The third-order valence-corrected chi connectivity index (χ3v) is 2.01. The van der Waals surface area contributed by atoms with Gasteiger partial charge in [0.05, 0.1) is 5.76 Å². The quantitative estimate of drug-likeness (QED) is 0.338. The van der Waals surface area contributed by atoms with Crippen LogP contribution in [0.1, 0.15) is 25.5 Å². The lowest BCUT2D eigenvalue weighted by molar-refractivity contribution is -0.131. The van der Waals surface area contributed by atoms with Gasteiger partial charge < -0.3 is 9.47 Å². The molecule has 0 fully saturated rings. The molecule has 1 rings (SSSR count). The van der Waals surface area contributed by atoms with E-state index in [0.717, 1.165) is 5.56 Å². The van der Waals surface area contributed by atoms with Crippen molar-refractivity contribution < 1.29 is 14.3 Å². The highest BCUT2D eigenvalue weighted by Gasteiger charge is 2.08. The van der Waals surface area contributed by atoms with Crippen LogP contribution in [-0.4, -0.2) is 5.97 Å². The summed E-state index contributed by atoms with van der Waals surface area (Å²) in [5.41, 5.74) is 0.930. The maximum Gasteiger partial charge on any atom is 0.308 e. The lowest BCUT2D eigenvalue weighted by atomic mass is 10.1. The molecule has 0 aliphatic heterocycles. The zero-order valence-corrected chi connectivity index (χ0v) is 10.1. The third kappa shape index (κ3) is 4.15. The van der Waals surface area contributed by atoms with E-state index in [9.17, 15) is 4.79 Å². The summed E-state index contributed by atoms with van der Waals surface area (Å²) in [6.45, 7) is 10.5. The molecule has 0 spiro atoms. The van der Waals surface area contributed by atoms with E-state index in [4.69, 9.17) is 9.47 Å². The molecule has 0 radical (unpaired) electrons. The number of ether oxygens (including phenoxy) is 2. The lowest BCUT2D eigenvalue weighted by Crippen LogP contribution is -2.02. The van der Waals surface area contributed by atoms with Crippen molar-refractivity contribution in [1.29, 1.82) is 0 Å². The fourth-order valence-corrected chi connectivity index (χ4v) is 1.36. The van der Waals surface area contributed by atoms with Crippen LogP contribution in [0.25, 0.3) is 0 Å². The Bertz CT molecular complexity index is 418. The summed E-state index contributed by atoms with van der Waals surface area (Å²) in [6.07, 6.45) is 1.45. The Balaban J connectivity index is 2.81. The molecule has 0 bridgehead atoms. The SMILES string of the molecule is C=CC(OC(=C)C)c1ccc(OC(C)=O)cc1. The van der Waals surface area contributed by atoms with Crippen LogP contribution in [0.15, 0.2) is 49.3 Å². The number of allylic oxidation sites excluding steroid dienone is 1. The van der Waals surface area contributed by atoms with Gasteiger partial charge in [0.15, 0.2) is 0 Å². The topological polar surface area (TPSA) is 35.5 Å². The second-order valence-corrected chi connectivity index (χ2v) is 3.64. The van der Waals surface area contributed by atoms with E-state index < -0.39 is 0 Å². The van der Waals surface area contributed by atoms with E-state index in [1.54, 1.807) is 25.1 Å². The molecule has 1 unspecified atom stereocenters. The standard InChI is InChI=1S/C14H16O3/c1-5-14(16-10(2)3)12-6-8-13(9-7-12)17-11(4)15/h5-9,14H,1-2H2,3-4H3. The molecule has 3 heteroatoms. The number of esters is 1. The highest BCUT2D eigenvalue weighted by atomic mass is 16.5. The smallest absolute Gasteiger partial charge is 0.308 e. The van der Waals surface area contributed by atoms with E-state index in [1.165, 1.54) is 6.92 Å². The first-order valence-electron chi connectivity index (χ1n) is 5.26. The van der Waals surface area contributed by atoms with Gasteiger partial charge in [0.2, 0.25) is 0 Å². The van der Waals surface area contributed by atoms with Crippen LogP contribution < -0.4 is 4.74 Å². The molecule has 1 atom stereocenters. The molecule has 0 aromatic heterocycles. The van der Waals surface area contributed by atoms with Crippen LogP contribution in [0, 0.1) is 0 Å². The summed E-state index contributed by atoms with van der Waals surface area (Å²) >= 11 is 0. The van der Waals surface area contributed by atoms with Gasteiger partial charge in [0.25, 0.3) is 0 Å². The summed E-state index contributed by atoms with van der Waals surface area (Å²) in [5, 5.41) is 0. The summed E-state index contributed by atoms with van der Waals surface area (Å²) in [5.74, 6) is 0.801. The Morgan fingerprint density at radius 1 is 1.29 bits per heavy atom. The molecular formula is C14H16O3. The van der Waals surface area contributed by atoms with Crippen LogP contribution in [0.3, 0.4) is 0 Å². The van der Waals surface area contributed by atoms with E-state index in [-0.39, 0.29) is 12.1 Å². The molecule has 0 aliphatic rings. The zero-order chi connectivity index (χ0) is 12.8. The molecular weight excluding hydrogens is 216 g/mol. The van der Waals surface area contributed by atoms with Crippen molar-refractivity contribution in [2.75, 3.05) is 0 Å². The van der Waals surface area contributed by atoms with Gasteiger partial charge in [-0.25, -0.2) is 0 Å². The molecule has 90 valence electrons. The molecule has 17 heavy (non-hydrogen) atoms. The number of hydrogen-bond acceptors (Lipinski definition) is 3. The Morgan fingerprint density at radius 3 is 2.29 bits per heavy atom. The Kier molecular flexibility index (Phi) is 4.52. The second kappa shape index (κ2) is 5.89. The fourth-order valence-electron chi connectivity index (χ4n) is 1.36. The summed E-state index contributed by atoms with van der Waals surface area (Å²) in [6, 6.07) is 7.09. The van der Waals surface area contributed by atoms with E-state index in [1.807, 2.05) is 12.1 Å². The Hall–Kier alpha value is -2.03. The minimum Gasteiger partial charge on any atom is -0.487 e. The van der Waals surface area contributed by atoms with E-state index >= 15 is 0 Å². The first-order valence-corrected chi connectivity index (χ1v) is 5.26. The Morgan fingerprint density at radius 2 is 1.88 bits per heavy atom. The van der Waals surface area contributed by atoms with Gasteiger partial charge in [-0.2, -0.15) is 0 Å². The minimum atomic E-state index is -0.337. The maximum atomic E-state index is 10.8. The minimum absolute atomic E-state index is 0.237. The van der Waals surface area contributed by atoms with Crippen LogP contribution in [0.4, 0.5) is 0 Å². The van der Waals surface area contributed by atoms with E-state index in [2.05, 4.69) is 13.2 Å². The number of hydrogen-bond donors (Lipinski definition) is 0. The number of carbonyl (C=O) groups excluding carboxylic acids is 1. The first-order chi connectivity index (χ1) is 8.02. The zero-order valence-electron chi connectivity index (χ0n) is 10.1. The van der Waals surface area contributed by atoms with Gasteiger partial charge in [0, 0.05) is 6.92 Å². The third-order valence-electron chi connectivity index (χ3n) is 2.01. The predicted molar refractivity (Wildman–Crippen MR) is 66.6 cm³/mol. The lowest BCUT2D eigenvalue weighted by Gasteiger charge is -2.15. The molecule has 0 saturated carbocycles. The van der Waals surface area contributed by atoms with Gasteiger partial charge in [-0.3, -0.25) is 4.79 Å². The number of carbonyl (C=O) groups is 1. The first kappa shape index (κ1) is 13.0. The monoisotopic (exact) mass is 232 g/mol.